The fraction of sp³-hybridized carbons (Fsp3) is 0.129. The summed E-state index contributed by atoms with van der Waals surface area (Å²) in [6, 6.07) is 22.6. The van der Waals surface area contributed by atoms with Gasteiger partial charge in [0.1, 0.15) is 18.1 Å². The van der Waals surface area contributed by atoms with Crippen molar-refractivity contribution >= 4 is 26.8 Å². The lowest BCUT2D eigenvalue weighted by atomic mass is 10.1. The van der Waals surface area contributed by atoms with Crippen molar-refractivity contribution in [3.05, 3.63) is 131 Å². The first-order valence-corrected chi connectivity index (χ1v) is 14.4. The second-order valence-electron chi connectivity index (χ2n) is 9.77. The largest absolute Gasteiger partial charge is 0.489 e. The number of ether oxygens (including phenoxy) is 1. The van der Waals surface area contributed by atoms with Gasteiger partial charge >= 0.3 is 12.4 Å². The second-order valence-corrected chi connectivity index (χ2v) is 11.5. The van der Waals surface area contributed by atoms with Crippen LogP contribution < -0.4 is 9.46 Å². The van der Waals surface area contributed by atoms with Crippen LogP contribution in [0.4, 0.5) is 26.3 Å². The smallest absolute Gasteiger partial charge is 0.416 e. The van der Waals surface area contributed by atoms with Crippen LogP contribution in [-0.4, -0.2) is 18.9 Å². The summed E-state index contributed by atoms with van der Waals surface area (Å²) >= 11 is 0. The number of fused-ring (bicyclic) bond motifs is 1. The summed E-state index contributed by atoms with van der Waals surface area (Å²) in [5.41, 5.74) is -0.981. The molecule has 0 saturated carbocycles. The number of benzene rings is 4. The van der Waals surface area contributed by atoms with Gasteiger partial charge in [0.25, 0.3) is 15.9 Å². The van der Waals surface area contributed by atoms with Crippen molar-refractivity contribution in [3.8, 4) is 5.75 Å². The Morgan fingerprint density at radius 2 is 1.36 bits per heavy atom. The lowest BCUT2D eigenvalue weighted by Crippen LogP contribution is -2.32. The van der Waals surface area contributed by atoms with Gasteiger partial charge < -0.3 is 9.30 Å². The third-order valence-corrected chi connectivity index (χ3v) is 7.98. The molecule has 1 N–H and O–H groups in total. The maximum atomic E-state index is 13.4. The molecule has 0 saturated heterocycles. The number of alkyl halides is 6. The van der Waals surface area contributed by atoms with E-state index in [2.05, 4.69) is 0 Å². The Bertz CT molecular complexity index is 1930. The Morgan fingerprint density at radius 3 is 2.05 bits per heavy atom. The topological polar surface area (TPSA) is 77.4 Å². The fourth-order valence-electron chi connectivity index (χ4n) is 4.54. The van der Waals surface area contributed by atoms with Crippen molar-refractivity contribution in [1.29, 1.82) is 0 Å². The highest BCUT2D eigenvalue weighted by Gasteiger charge is 2.33. The quantitative estimate of drug-likeness (QED) is 0.181. The molecule has 6 nitrogen and oxygen atoms in total. The van der Waals surface area contributed by atoms with Crippen molar-refractivity contribution in [2.24, 2.45) is 0 Å². The van der Waals surface area contributed by atoms with Crippen LogP contribution in [0.2, 0.25) is 0 Å². The number of hydrogen-bond donors (Lipinski definition) is 1. The first kappa shape index (κ1) is 30.7. The molecule has 1 aromatic heterocycles. The van der Waals surface area contributed by atoms with E-state index in [9.17, 15) is 39.6 Å². The molecule has 0 aliphatic rings. The van der Waals surface area contributed by atoms with Crippen LogP contribution >= 0.6 is 0 Å². The predicted octanol–water partition coefficient (Wildman–Crippen LogP) is 7.42. The van der Waals surface area contributed by atoms with Gasteiger partial charge in [-0.15, -0.1) is 0 Å². The first-order valence-electron chi connectivity index (χ1n) is 12.9. The molecule has 4 aromatic carbocycles. The van der Waals surface area contributed by atoms with Crippen molar-refractivity contribution in [2.45, 2.75) is 30.4 Å². The van der Waals surface area contributed by atoms with Gasteiger partial charge in [0, 0.05) is 17.4 Å². The van der Waals surface area contributed by atoms with Crippen LogP contribution in [-0.2, 0) is 35.5 Å². The summed E-state index contributed by atoms with van der Waals surface area (Å²) in [5.74, 6) is -0.793. The van der Waals surface area contributed by atoms with Crippen LogP contribution in [0.25, 0.3) is 10.9 Å². The van der Waals surface area contributed by atoms with E-state index in [1.807, 2.05) is 30.3 Å². The summed E-state index contributed by atoms with van der Waals surface area (Å²) in [7, 11) is -4.78. The third kappa shape index (κ3) is 6.88. The first-order chi connectivity index (χ1) is 20.7. The average molecular weight is 633 g/mol. The van der Waals surface area contributed by atoms with E-state index in [1.165, 1.54) is 22.8 Å². The van der Waals surface area contributed by atoms with E-state index >= 15 is 0 Å². The molecule has 1 heterocycles. The van der Waals surface area contributed by atoms with Crippen molar-refractivity contribution in [2.75, 3.05) is 0 Å². The van der Waals surface area contributed by atoms with Gasteiger partial charge in [-0.1, -0.05) is 48.5 Å². The summed E-state index contributed by atoms with van der Waals surface area (Å²) in [5, 5.41) is 0.407. The highest BCUT2D eigenvalue weighted by atomic mass is 32.2. The number of halogens is 6. The molecule has 0 aliphatic heterocycles. The summed E-state index contributed by atoms with van der Waals surface area (Å²) in [6.07, 6.45) is -9.45. The molecule has 0 aliphatic carbocycles. The molecule has 44 heavy (non-hydrogen) atoms. The molecule has 5 rings (SSSR count). The molecular weight excluding hydrogens is 610 g/mol. The van der Waals surface area contributed by atoms with E-state index in [0.29, 0.717) is 28.8 Å². The van der Waals surface area contributed by atoms with E-state index in [1.54, 1.807) is 22.9 Å². The molecule has 0 radical (unpaired) electrons. The lowest BCUT2D eigenvalue weighted by Gasteiger charge is -2.14. The molecule has 5 aromatic rings. The fourth-order valence-corrected chi connectivity index (χ4v) is 5.55. The van der Waals surface area contributed by atoms with Crippen LogP contribution in [0.3, 0.4) is 0 Å². The van der Waals surface area contributed by atoms with Gasteiger partial charge in [0.2, 0.25) is 0 Å². The van der Waals surface area contributed by atoms with Crippen LogP contribution in [0.5, 0.6) is 5.75 Å². The normalized spacial score (nSPS) is 12.3. The zero-order chi connectivity index (χ0) is 31.7. The minimum Gasteiger partial charge on any atom is -0.489 e. The Balaban J connectivity index is 1.52. The van der Waals surface area contributed by atoms with Gasteiger partial charge in [-0.25, -0.2) is 13.1 Å². The number of hydrogen-bond acceptors (Lipinski definition) is 4. The molecule has 0 atom stereocenters. The van der Waals surface area contributed by atoms with Crippen molar-refractivity contribution < 1.29 is 44.3 Å². The molecule has 0 fully saturated rings. The molecule has 0 bridgehead atoms. The van der Waals surface area contributed by atoms with Crippen LogP contribution in [0.15, 0.2) is 108 Å². The van der Waals surface area contributed by atoms with Crippen molar-refractivity contribution in [3.63, 3.8) is 0 Å². The number of sulfonamides is 1. The average Bonchev–Trinajstić information content (AvgIpc) is 3.33. The summed E-state index contributed by atoms with van der Waals surface area (Å²) < 4.78 is 115. The minimum absolute atomic E-state index is 0.163. The maximum absolute atomic E-state index is 13.4. The predicted molar refractivity (Wildman–Crippen MR) is 149 cm³/mol. The van der Waals surface area contributed by atoms with E-state index < -0.39 is 44.3 Å². The Hall–Kier alpha value is -4.78. The number of amides is 1. The van der Waals surface area contributed by atoms with Gasteiger partial charge in [0.15, 0.2) is 0 Å². The molecule has 228 valence electrons. The highest BCUT2D eigenvalue weighted by Crippen LogP contribution is 2.32. The second kappa shape index (κ2) is 11.7. The number of carbonyl (C=O) groups is 1. The molecular formula is C31H22F6N2O4S. The molecule has 13 heteroatoms. The van der Waals surface area contributed by atoms with Crippen molar-refractivity contribution in [1.82, 2.24) is 9.29 Å². The number of nitrogens with zero attached hydrogens (tertiary/aromatic N) is 1. The van der Waals surface area contributed by atoms with E-state index in [-0.39, 0.29) is 24.4 Å². The van der Waals surface area contributed by atoms with Crippen LogP contribution in [0, 0.1) is 0 Å². The molecule has 1 amide bonds. The van der Waals surface area contributed by atoms with Gasteiger partial charge in [0.05, 0.1) is 16.0 Å². The van der Waals surface area contributed by atoms with E-state index in [0.717, 1.165) is 29.8 Å². The van der Waals surface area contributed by atoms with Gasteiger partial charge in [-0.3, -0.25) is 4.79 Å². The Morgan fingerprint density at radius 1 is 0.727 bits per heavy atom. The van der Waals surface area contributed by atoms with Gasteiger partial charge in [-0.2, -0.15) is 26.3 Å². The lowest BCUT2D eigenvalue weighted by molar-refractivity contribution is -0.138. The number of carbonyl (C=O) groups excluding carboxylic acids is 1. The number of rotatable bonds is 8. The molecule has 0 unspecified atom stereocenters. The number of aromatic nitrogens is 1. The monoisotopic (exact) mass is 632 g/mol. The Kier molecular flexibility index (Phi) is 8.17. The maximum Gasteiger partial charge on any atom is 0.416 e. The minimum atomic E-state index is -4.83. The van der Waals surface area contributed by atoms with E-state index in [4.69, 9.17) is 4.74 Å². The Labute approximate surface area is 247 Å². The standard InChI is InChI=1S/C31H22F6N2O4S/c32-30(33,34)23-9-4-8-21(14-23)18-39-27-13-12-25(43-19-20-6-2-1-3-7-20)15-22(27)16-28(39)29(40)38-44(41,42)26-11-5-10-24(17-26)31(35,36)37/h1-17H,18-19H2,(H,38,40). The summed E-state index contributed by atoms with van der Waals surface area (Å²) in [4.78, 5) is 12.6. The van der Waals surface area contributed by atoms with Crippen LogP contribution in [0.1, 0.15) is 32.7 Å². The highest BCUT2D eigenvalue weighted by molar-refractivity contribution is 7.90. The van der Waals surface area contributed by atoms with Gasteiger partial charge in [-0.05, 0) is 65.7 Å². The summed E-state index contributed by atoms with van der Waals surface area (Å²) in [6.45, 7) is -0.0378. The zero-order valence-corrected chi connectivity index (χ0v) is 23.3. The third-order valence-electron chi connectivity index (χ3n) is 6.65. The zero-order valence-electron chi connectivity index (χ0n) is 22.5. The molecule has 0 spiro atoms. The number of nitrogens with one attached hydrogen (secondary N) is 1. The SMILES string of the molecule is O=C(NS(=O)(=O)c1cccc(C(F)(F)F)c1)c1cc2cc(OCc3ccccc3)ccc2n1Cc1cccc(C(F)(F)F)c1.